The van der Waals surface area contributed by atoms with E-state index in [0.29, 0.717) is 22.0 Å². The molecule has 1 aliphatic rings. The monoisotopic (exact) mass is 410 g/mol. The van der Waals surface area contributed by atoms with Gasteiger partial charge >= 0.3 is 0 Å². The quantitative estimate of drug-likeness (QED) is 0.749. The number of anilines is 1. The number of hydrogen-bond acceptors (Lipinski definition) is 4. The molecule has 0 bridgehead atoms. The lowest BCUT2D eigenvalue weighted by molar-refractivity contribution is 0.742. The van der Waals surface area contributed by atoms with Crippen molar-refractivity contribution < 1.29 is 0 Å². The zero-order valence-electron chi connectivity index (χ0n) is 17.3. The summed E-state index contributed by atoms with van der Waals surface area (Å²) in [5, 5.41) is 12.9. The summed E-state index contributed by atoms with van der Waals surface area (Å²) in [4.78, 5) is 14.2. The third-order valence-electron chi connectivity index (χ3n) is 5.24. The second-order valence-corrected chi connectivity index (χ2v) is 7.85. The summed E-state index contributed by atoms with van der Waals surface area (Å²) >= 11 is 6.12. The highest BCUT2D eigenvalue weighted by Crippen LogP contribution is 2.44. The Labute approximate surface area is 176 Å². The first-order valence-corrected chi connectivity index (χ1v) is 10.1. The Morgan fingerprint density at radius 1 is 1.31 bits per heavy atom. The molecule has 1 aliphatic heterocycles. The van der Waals surface area contributed by atoms with Gasteiger partial charge in [-0.15, -0.1) is 0 Å². The predicted octanol–water partition coefficient (Wildman–Crippen LogP) is 4.72. The van der Waals surface area contributed by atoms with Gasteiger partial charge in [0, 0.05) is 41.6 Å². The minimum absolute atomic E-state index is 0.0340. The second kappa shape index (κ2) is 8.29. The van der Waals surface area contributed by atoms with Crippen molar-refractivity contribution in [2.24, 2.45) is 7.05 Å². The van der Waals surface area contributed by atoms with Gasteiger partial charge in [-0.2, -0.15) is 0 Å². The van der Waals surface area contributed by atoms with E-state index in [9.17, 15) is 4.79 Å². The van der Waals surface area contributed by atoms with Gasteiger partial charge in [0.1, 0.15) is 0 Å². The maximum atomic E-state index is 12.2. The summed E-state index contributed by atoms with van der Waals surface area (Å²) in [5.41, 5.74) is 5.31. The van der Waals surface area contributed by atoms with E-state index in [2.05, 4.69) is 18.8 Å². The highest BCUT2D eigenvalue weighted by atomic mass is 35.5. The standard InChI is InChI=1S/C23H27ClN4O/c1-6-11-26-15(3)20-21(25)16(4)28(19-12-14(2)23(29)27(5)13-19)22(20)17-7-9-18(24)10-8-17/h7-10,12-13,22,25-26H,4,6,11H2,1-3,5H3/b20-15+,25-21?. The second-order valence-electron chi connectivity index (χ2n) is 7.41. The highest BCUT2D eigenvalue weighted by Gasteiger charge is 2.39. The van der Waals surface area contributed by atoms with Gasteiger partial charge < -0.3 is 14.8 Å². The molecule has 0 amide bonds. The summed E-state index contributed by atoms with van der Waals surface area (Å²) in [6.45, 7) is 11.0. The number of aromatic nitrogens is 1. The molecule has 2 aromatic rings. The highest BCUT2D eigenvalue weighted by molar-refractivity contribution is 6.30. The van der Waals surface area contributed by atoms with Crippen LogP contribution in [0.25, 0.3) is 0 Å². The van der Waals surface area contributed by atoms with E-state index in [0.717, 1.165) is 35.5 Å². The van der Waals surface area contributed by atoms with Gasteiger partial charge in [-0.05, 0) is 44.0 Å². The summed E-state index contributed by atoms with van der Waals surface area (Å²) in [6.07, 6.45) is 2.79. The van der Waals surface area contributed by atoms with Crippen LogP contribution in [0.1, 0.15) is 37.4 Å². The lowest BCUT2D eigenvalue weighted by Crippen LogP contribution is -2.26. The van der Waals surface area contributed by atoms with E-state index in [-0.39, 0.29) is 11.6 Å². The minimum atomic E-state index is -0.228. The van der Waals surface area contributed by atoms with Gasteiger partial charge in [0.2, 0.25) is 0 Å². The maximum absolute atomic E-state index is 12.2. The van der Waals surface area contributed by atoms with E-state index in [1.807, 2.05) is 42.2 Å². The topological polar surface area (TPSA) is 61.1 Å². The number of rotatable bonds is 5. The summed E-state index contributed by atoms with van der Waals surface area (Å²) in [7, 11) is 1.74. The fourth-order valence-corrected chi connectivity index (χ4v) is 3.88. The number of allylic oxidation sites excluding steroid dienone is 2. The van der Waals surface area contributed by atoms with Crippen molar-refractivity contribution in [3.8, 4) is 0 Å². The Morgan fingerprint density at radius 2 is 1.97 bits per heavy atom. The molecular formula is C23H27ClN4O. The van der Waals surface area contributed by atoms with Crippen LogP contribution >= 0.6 is 11.6 Å². The van der Waals surface area contributed by atoms with Crippen LogP contribution in [0.2, 0.25) is 5.02 Å². The van der Waals surface area contributed by atoms with Crippen molar-refractivity contribution in [3.63, 3.8) is 0 Å². The number of benzene rings is 1. The van der Waals surface area contributed by atoms with Crippen LogP contribution in [-0.4, -0.2) is 16.8 Å². The normalized spacial score (nSPS) is 18.4. The molecule has 6 heteroatoms. The molecular weight excluding hydrogens is 384 g/mol. The number of nitrogens with one attached hydrogen (secondary N) is 2. The lowest BCUT2D eigenvalue weighted by atomic mass is 9.96. The number of halogens is 1. The van der Waals surface area contributed by atoms with Crippen molar-refractivity contribution in [3.05, 3.63) is 86.6 Å². The average molecular weight is 411 g/mol. The molecule has 0 saturated carbocycles. The number of hydrogen-bond donors (Lipinski definition) is 2. The van der Waals surface area contributed by atoms with Crippen LogP contribution in [0.4, 0.5) is 5.69 Å². The molecule has 1 saturated heterocycles. The maximum Gasteiger partial charge on any atom is 0.253 e. The fraction of sp³-hybridized carbons (Fsp3) is 0.304. The summed E-state index contributed by atoms with van der Waals surface area (Å²) in [6, 6.07) is 9.31. The van der Waals surface area contributed by atoms with Gasteiger partial charge in [0.15, 0.2) is 0 Å². The largest absolute Gasteiger partial charge is 0.388 e. The first kappa shape index (κ1) is 20.9. The first-order valence-electron chi connectivity index (χ1n) is 9.71. The van der Waals surface area contributed by atoms with Crippen molar-refractivity contribution in [1.29, 1.82) is 5.41 Å². The van der Waals surface area contributed by atoms with Crippen LogP contribution in [0, 0.1) is 12.3 Å². The minimum Gasteiger partial charge on any atom is -0.388 e. The number of pyridine rings is 1. The van der Waals surface area contributed by atoms with E-state index in [4.69, 9.17) is 17.0 Å². The molecule has 0 aliphatic carbocycles. The van der Waals surface area contributed by atoms with Crippen molar-refractivity contribution in [2.45, 2.75) is 33.2 Å². The average Bonchev–Trinajstić information content (AvgIpc) is 2.95. The zero-order valence-corrected chi connectivity index (χ0v) is 18.1. The summed E-state index contributed by atoms with van der Waals surface area (Å²) < 4.78 is 1.57. The molecule has 1 unspecified atom stereocenters. The van der Waals surface area contributed by atoms with Gasteiger partial charge in [-0.25, -0.2) is 0 Å². The molecule has 3 rings (SSSR count). The van der Waals surface area contributed by atoms with Crippen molar-refractivity contribution in [2.75, 3.05) is 11.4 Å². The SMILES string of the molecule is C=C1C(=N)/C(=C(/C)NCCC)C(c2ccc(Cl)cc2)N1c1cc(C)c(=O)n(C)c1. The van der Waals surface area contributed by atoms with E-state index in [1.165, 1.54) is 0 Å². The van der Waals surface area contributed by atoms with E-state index >= 15 is 0 Å². The van der Waals surface area contributed by atoms with Crippen LogP contribution in [-0.2, 0) is 7.05 Å². The lowest BCUT2D eigenvalue weighted by Gasteiger charge is -2.29. The van der Waals surface area contributed by atoms with Crippen LogP contribution in [0.15, 0.2) is 64.9 Å². The Morgan fingerprint density at radius 3 is 2.55 bits per heavy atom. The van der Waals surface area contributed by atoms with Crippen LogP contribution < -0.4 is 15.8 Å². The predicted molar refractivity (Wildman–Crippen MR) is 121 cm³/mol. The Bertz CT molecular complexity index is 1020. The van der Waals surface area contributed by atoms with Gasteiger partial charge in [-0.3, -0.25) is 10.2 Å². The van der Waals surface area contributed by atoms with Crippen molar-refractivity contribution in [1.82, 2.24) is 9.88 Å². The molecule has 29 heavy (non-hydrogen) atoms. The molecule has 2 heterocycles. The third-order valence-corrected chi connectivity index (χ3v) is 5.49. The van der Waals surface area contributed by atoms with Gasteiger partial charge in [-0.1, -0.05) is 37.2 Å². The number of aryl methyl sites for hydroxylation is 2. The smallest absolute Gasteiger partial charge is 0.253 e. The Kier molecular flexibility index (Phi) is 5.99. The summed E-state index contributed by atoms with van der Waals surface area (Å²) in [5.74, 6) is 0. The Balaban J connectivity index is 2.23. The van der Waals surface area contributed by atoms with E-state index in [1.54, 1.807) is 24.7 Å². The molecule has 2 N–H and O–H groups in total. The van der Waals surface area contributed by atoms with Crippen molar-refractivity contribution >= 4 is 23.0 Å². The zero-order chi connectivity index (χ0) is 21.3. The molecule has 5 nitrogen and oxygen atoms in total. The third kappa shape index (κ3) is 3.87. The van der Waals surface area contributed by atoms with Gasteiger partial charge in [0.05, 0.1) is 23.1 Å². The molecule has 1 atom stereocenters. The van der Waals surface area contributed by atoms with Crippen LogP contribution in [0.3, 0.4) is 0 Å². The fourth-order valence-electron chi connectivity index (χ4n) is 3.75. The molecule has 1 fully saturated rings. The van der Waals surface area contributed by atoms with Crippen LogP contribution in [0.5, 0.6) is 0 Å². The molecule has 0 radical (unpaired) electrons. The van der Waals surface area contributed by atoms with Gasteiger partial charge in [0.25, 0.3) is 5.56 Å². The Hall–Kier alpha value is -2.79. The molecule has 1 aromatic carbocycles. The van der Waals surface area contributed by atoms with E-state index < -0.39 is 0 Å². The first-order chi connectivity index (χ1) is 13.8. The molecule has 152 valence electrons. The number of nitrogens with zero attached hydrogens (tertiary/aromatic N) is 2. The molecule has 1 aromatic heterocycles. The molecule has 0 spiro atoms.